The summed E-state index contributed by atoms with van der Waals surface area (Å²) in [4.78, 5) is 0.0432. The van der Waals surface area contributed by atoms with Crippen molar-refractivity contribution in [1.82, 2.24) is 9.78 Å². The van der Waals surface area contributed by atoms with Crippen molar-refractivity contribution < 1.29 is 12.8 Å². The van der Waals surface area contributed by atoms with Crippen LogP contribution in [0.25, 0.3) is 0 Å². The van der Waals surface area contributed by atoms with Crippen molar-refractivity contribution in [3.63, 3.8) is 0 Å². The van der Waals surface area contributed by atoms with Crippen LogP contribution in [0, 0.1) is 12.7 Å². The van der Waals surface area contributed by atoms with Gasteiger partial charge in [-0.25, -0.2) is 12.8 Å². The zero-order valence-electron chi connectivity index (χ0n) is 10.9. The van der Waals surface area contributed by atoms with Crippen molar-refractivity contribution in [2.24, 2.45) is 0 Å². The Hall–Kier alpha value is -1.41. The van der Waals surface area contributed by atoms with Crippen LogP contribution in [0.15, 0.2) is 33.8 Å². The second-order valence-electron chi connectivity index (χ2n) is 4.14. The Morgan fingerprint density at radius 2 is 2.15 bits per heavy atom. The van der Waals surface area contributed by atoms with Crippen molar-refractivity contribution >= 4 is 31.6 Å². The molecule has 0 unspecified atom stereocenters. The SMILES string of the molecule is CCn1ncc(S(=O)(=O)Nc2ccc(Br)cc2F)c1C. The van der Waals surface area contributed by atoms with E-state index in [2.05, 4.69) is 25.8 Å². The molecule has 2 rings (SSSR count). The zero-order chi connectivity index (χ0) is 14.9. The molecule has 108 valence electrons. The Morgan fingerprint density at radius 3 is 2.70 bits per heavy atom. The normalized spacial score (nSPS) is 11.6. The highest BCUT2D eigenvalue weighted by molar-refractivity contribution is 9.10. The molecule has 1 heterocycles. The molecule has 0 bridgehead atoms. The highest BCUT2D eigenvalue weighted by Gasteiger charge is 2.21. The first-order valence-corrected chi connectivity index (χ1v) is 8.13. The summed E-state index contributed by atoms with van der Waals surface area (Å²) in [5.41, 5.74) is 0.411. The predicted octanol–water partition coefficient (Wildman–Crippen LogP) is 2.91. The molecule has 0 atom stereocenters. The first-order valence-electron chi connectivity index (χ1n) is 5.85. The number of aromatic nitrogens is 2. The third-order valence-electron chi connectivity index (χ3n) is 2.82. The van der Waals surface area contributed by atoms with Gasteiger partial charge in [-0.3, -0.25) is 9.40 Å². The summed E-state index contributed by atoms with van der Waals surface area (Å²) < 4.78 is 42.5. The molecule has 1 N–H and O–H groups in total. The van der Waals surface area contributed by atoms with Crippen molar-refractivity contribution in [2.45, 2.75) is 25.3 Å². The highest BCUT2D eigenvalue weighted by Crippen LogP contribution is 2.23. The van der Waals surface area contributed by atoms with E-state index < -0.39 is 15.8 Å². The number of hydrogen-bond acceptors (Lipinski definition) is 3. The lowest BCUT2D eigenvalue weighted by Crippen LogP contribution is -2.15. The Balaban J connectivity index is 2.38. The number of halogens is 2. The van der Waals surface area contributed by atoms with E-state index in [4.69, 9.17) is 0 Å². The second kappa shape index (κ2) is 5.53. The minimum atomic E-state index is -3.86. The van der Waals surface area contributed by atoms with Crippen molar-refractivity contribution in [3.8, 4) is 0 Å². The second-order valence-corrected chi connectivity index (χ2v) is 6.71. The Kier molecular flexibility index (Phi) is 4.14. The van der Waals surface area contributed by atoms with Crippen LogP contribution >= 0.6 is 15.9 Å². The van der Waals surface area contributed by atoms with Gasteiger partial charge in [0.2, 0.25) is 0 Å². The van der Waals surface area contributed by atoms with Gasteiger partial charge in [-0.15, -0.1) is 0 Å². The third kappa shape index (κ3) is 2.85. The molecule has 0 radical (unpaired) electrons. The van der Waals surface area contributed by atoms with Gasteiger partial charge in [-0.05, 0) is 32.0 Å². The fourth-order valence-electron chi connectivity index (χ4n) is 1.78. The predicted molar refractivity (Wildman–Crippen MR) is 77.5 cm³/mol. The molecule has 0 aliphatic heterocycles. The van der Waals surface area contributed by atoms with Crippen LogP contribution in [0.4, 0.5) is 10.1 Å². The van der Waals surface area contributed by atoms with Crippen LogP contribution in [0.3, 0.4) is 0 Å². The highest BCUT2D eigenvalue weighted by atomic mass is 79.9. The molecular weight excluding hydrogens is 349 g/mol. The number of nitrogens with zero attached hydrogens (tertiary/aromatic N) is 2. The summed E-state index contributed by atoms with van der Waals surface area (Å²) in [5, 5.41) is 3.97. The summed E-state index contributed by atoms with van der Waals surface area (Å²) in [5.74, 6) is -0.650. The van der Waals surface area contributed by atoms with E-state index in [1.807, 2.05) is 6.92 Å². The van der Waals surface area contributed by atoms with Gasteiger partial charge >= 0.3 is 0 Å². The summed E-state index contributed by atoms with van der Waals surface area (Å²) in [6.45, 7) is 4.08. The summed E-state index contributed by atoms with van der Waals surface area (Å²) in [6.07, 6.45) is 1.26. The van der Waals surface area contributed by atoms with E-state index in [0.717, 1.165) is 0 Å². The van der Waals surface area contributed by atoms with Gasteiger partial charge in [-0.2, -0.15) is 5.10 Å². The maximum Gasteiger partial charge on any atom is 0.265 e. The molecule has 1 aromatic carbocycles. The molecule has 2 aromatic rings. The van der Waals surface area contributed by atoms with Gasteiger partial charge in [0.1, 0.15) is 10.7 Å². The van der Waals surface area contributed by atoms with Crippen LogP contribution in [-0.2, 0) is 16.6 Å². The van der Waals surface area contributed by atoms with Crippen molar-refractivity contribution in [3.05, 3.63) is 40.4 Å². The lowest BCUT2D eigenvalue weighted by atomic mass is 10.3. The molecule has 0 spiro atoms. The minimum Gasteiger partial charge on any atom is -0.277 e. The maximum absolute atomic E-state index is 13.7. The fraction of sp³-hybridized carbons (Fsp3) is 0.250. The largest absolute Gasteiger partial charge is 0.277 e. The number of benzene rings is 1. The average molecular weight is 362 g/mol. The summed E-state index contributed by atoms with van der Waals surface area (Å²) in [6, 6.07) is 4.11. The van der Waals surface area contributed by atoms with Crippen LogP contribution in [0.2, 0.25) is 0 Å². The minimum absolute atomic E-state index is 0.0432. The van der Waals surface area contributed by atoms with Crippen LogP contribution in [0.5, 0.6) is 0 Å². The molecule has 0 saturated carbocycles. The first-order chi connectivity index (χ1) is 9.35. The van der Waals surface area contributed by atoms with Crippen LogP contribution in [-0.4, -0.2) is 18.2 Å². The summed E-state index contributed by atoms with van der Waals surface area (Å²) in [7, 11) is -3.86. The number of anilines is 1. The third-order valence-corrected chi connectivity index (χ3v) is 4.78. The molecule has 0 aliphatic rings. The van der Waals surface area contributed by atoms with E-state index in [-0.39, 0.29) is 10.6 Å². The van der Waals surface area contributed by atoms with E-state index in [0.29, 0.717) is 16.7 Å². The van der Waals surface area contributed by atoms with Gasteiger partial charge in [-0.1, -0.05) is 15.9 Å². The molecule has 0 aliphatic carbocycles. The molecule has 0 saturated heterocycles. The summed E-state index contributed by atoms with van der Waals surface area (Å²) >= 11 is 3.11. The fourth-order valence-corrected chi connectivity index (χ4v) is 3.36. The average Bonchev–Trinajstić information content (AvgIpc) is 2.74. The van der Waals surface area contributed by atoms with Crippen molar-refractivity contribution in [1.29, 1.82) is 0 Å². The molecule has 1 aromatic heterocycles. The number of aryl methyl sites for hydroxylation is 1. The van der Waals surface area contributed by atoms with Gasteiger partial charge < -0.3 is 0 Å². The van der Waals surface area contributed by atoms with Gasteiger partial charge in [0, 0.05) is 11.0 Å². The Bertz CT molecular complexity index is 743. The van der Waals surface area contributed by atoms with E-state index in [1.54, 1.807) is 17.7 Å². The van der Waals surface area contributed by atoms with Crippen LogP contribution < -0.4 is 4.72 Å². The monoisotopic (exact) mass is 361 g/mol. The quantitative estimate of drug-likeness (QED) is 0.910. The first kappa shape index (κ1) is 15.0. The Morgan fingerprint density at radius 1 is 1.45 bits per heavy atom. The smallest absolute Gasteiger partial charge is 0.265 e. The van der Waals surface area contributed by atoms with Gasteiger partial charge in [0.15, 0.2) is 0 Å². The molecule has 0 fully saturated rings. The van der Waals surface area contributed by atoms with Gasteiger partial charge in [0.25, 0.3) is 10.0 Å². The standard InChI is InChI=1S/C12H13BrFN3O2S/c1-3-17-8(2)12(7-15-17)20(18,19)16-11-5-4-9(13)6-10(11)14/h4-7,16H,3H2,1-2H3. The lowest BCUT2D eigenvalue weighted by molar-refractivity contribution is 0.596. The lowest BCUT2D eigenvalue weighted by Gasteiger charge is -2.09. The molecule has 5 nitrogen and oxygen atoms in total. The maximum atomic E-state index is 13.7. The number of nitrogens with one attached hydrogen (secondary N) is 1. The van der Waals surface area contributed by atoms with E-state index >= 15 is 0 Å². The molecule has 0 amide bonds. The molecular formula is C12H13BrFN3O2S. The number of sulfonamides is 1. The number of hydrogen-bond donors (Lipinski definition) is 1. The van der Waals surface area contributed by atoms with Gasteiger partial charge in [0.05, 0.1) is 17.6 Å². The molecule has 20 heavy (non-hydrogen) atoms. The topological polar surface area (TPSA) is 64.0 Å². The van der Waals surface area contributed by atoms with Crippen LogP contribution in [0.1, 0.15) is 12.6 Å². The van der Waals surface area contributed by atoms with E-state index in [1.165, 1.54) is 18.3 Å². The zero-order valence-corrected chi connectivity index (χ0v) is 13.3. The van der Waals surface area contributed by atoms with Crippen molar-refractivity contribution in [2.75, 3.05) is 4.72 Å². The number of rotatable bonds is 4. The van der Waals surface area contributed by atoms with E-state index in [9.17, 15) is 12.8 Å². The molecule has 8 heteroatoms. The Labute approximate surface area is 125 Å².